The van der Waals surface area contributed by atoms with Crippen molar-refractivity contribution in [2.45, 2.75) is 33.6 Å². The fourth-order valence-corrected chi connectivity index (χ4v) is 2.47. The minimum Gasteiger partial charge on any atom is -0.508 e. The molecule has 2 aromatic carbocycles. The molecule has 142 valence electrons. The number of benzene rings is 2. The molecule has 0 aromatic heterocycles. The molecule has 0 saturated heterocycles. The molecule has 0 spiro atoms. The van der Waals surface area contributed by atoms with E-state index in [1.165, 1.54) is 0 Å². The number of phenols is 1. The zero-order valence-electron chi connectivity index (χ0n) is 15.8. The summed E-state index contributed by atoms with van der Waals surface area (Å²) in [5.41, 5.74) is 5.19. The average Bonchev–Trinajstić information content (AvgIpc) is 2.63. The summed E-state index contributed by atoms with van der Waals surface area (Å²) in [5.74, 6) is 0.0844. The maximum absolute atomic E-state index is 12.3. The fraction of sp³-hybridized carbons (Fsp3) is 0.286. The lowest BCUT2D eigenvalue weighted by Crippen LogP contribution is -2.20. The van der Waals surface area contributed by atoms with Crippen LogP contribution in [0.4, 0.5) is 5.69 Å². The van der Waals surface area contributed by atoms with Gasteiger partial charge in [-0.1, -0.05) is 20.8 Å². The van der Waals surface area contributed by atoms with Gasteiger partial charge in [0, 0.05) is 17.7 Å². The van der Waals surface area contributed by atoms with E-state index in [-0.39, 0.29) is 23.5 Å². The second kappa shape index (κ2) is 9.52. The lowest BCUT2D eigenvalue weighted by Gasteiger charge is -2.08. The van der Waals surface area contributed by atoms with Crippen LogP contribution in [-0.4, -0.2) is 22.6 Å². The molecule has 0 aliphatic carbocycles. The summed E-state index contributed by atoms with van der Waals surface area (Å²) in [6.07, 6.45) is 1.08. The van der Waals surface area contributed by atoms with Gasteiger partial charge in [-0.2, -0.15) is 5.10 Å². The molecule has 0 unspecified atom stereocenters. The number of hydrogen-bond donors (Lipinski definition) is 3. The molecule has 0 aliphatic rings. The minimum absolute atomic E-state index is 0.0479. The number of carbonyl (C=O) groups is 2. The number of hydrazone groups is 1. The van der Waals surface area contributed by atoms with Crippen LogP contribution < -0.4 is 10.7 Å². The lowest BCUT2D eigenvalue weighted by atomic mass is 10.1. The number of amides is 2. The van der Waals surface area contributed by atoms with E-state index in [1.54, 1.807) is 48.5 Å². The third kappa shape index (κ3) is 6.26. The highest BCUT2D eigenvalue weighted by atomic mass is 16.3. The summed E-state index contributed by atoms with van der Waals surface area (Å²) in [6, 6.07) is 13.3. The Bertz CT molecular complexity index is 810. The normalized spacial score (nSPS) is 11.3. The second-order valence-corrected chi connectivity index (χ2v) is 6.62. The highest BCUT2D eigenvalue weighted by molar-refractivity contribution is 6.02. The summed E-state index contributed by atoms with van der Waals surface area (Å²) in [4.78, 5) is 24.1. The van der Waals surface area contributed by atoms with Crippen LogP contribution >= 0.6 is 0 Å². The van der Waals surface area contributed by atoms with Gasteiger partial charge in [0.2, 0.25) is 5.91 Å². The van der Waals surface area contributed by atoms with Crippen LogP contribution in [0.1, 0.15) is 49.5 Å². The molecule has 2 rings (SSSR count). The fourth-order valence-electron chi connectivity index (χ4n) is 2.47. The molecule has 0 radical (unpaired) electrons. The molecule has 3 N–H and O–H groups in total. The Labute approximate surface area is 159 Å². The molecule has 2 aromatic rings. The molecule has 0 fully saturated rings. The molecule has 6 nitrogen and oxygen atoms in total. The number of hydrogen-bond acceptors (Lipinski definition) is 4. The van der Waals surface area contributed by atoms with Crippen LogP contribution in [0.25, 0.3) is 0 Å². The maximum atomic E-state index is 12.3. The van der Waals surface area contributed by atoms with E-state index in [9.17, 15) is 14.7 Å². The van der Waals surface area contributed by atoms with Crippen molar-refractivity contribution in [2.75, 3.05) is 5.32 Å². The van der Waals surface area contributed by atoms with Crippen LogP contribution in [0.15, 0.2) is 53.6 Å². The van der Waals surface area contributed by atoms with Crippen LogP contribution in [0.2, 0.25) is 0 Å². The quantitative estimate of drug-likeness (QED) is 0.512. The van der Waals surface area contributed by atoms with E-state index in [0.29, 0.717) is 29.8 Å². The van der Waals surface area contributed by atoms with Gasteiger partial charge >= 0.3 is 0 Å². The molecule has 27 heavy (non-hydrogen) atoms. The summed E-state index contributed by atoms with van der Waals surface area (Å²) in [7, 11) is 0. The second-order valence-electron chi connectivity index (χ2n) is 6.62. The van der Waals surface area contributed by atoms with Gasteiger partial charge in [0.05, 0.1) is 5.71 Å². The van der Waals surface area contributed by atoms with Crippen molar-refractivity contribution in [3.8, 4) is 5.75 Å². The van der Waals surface area contributed by atoms with Gasteiger partial charge in [0.25, 0.3) is 5.91 Å². The molecule has 2 amide bonds. The largest absolute Gasteiger partial charge is 0.508 e. The average molecular weight is 367 g/mol. The van der Waals surface area contributed by atoms with Crippen LogP contribution in [0.3, 0.4) is 0 Å². The topological polar surface area (TPSA) is 90.8 Å². The van der Waals surface area contributed by atoms with E-state index in [2.05, 4.69) is 15.8 Å². The first-order valence-electron chi connectivity index (χ1n) is 8.95. The first-order valence-corrected chi connectivity index (χ1v) is 8.95. The van der Waals surface area contributed by atoms with Crippen molar-refractivity contribution in [3.63, 3.8) is 0 Å². The van der Waals surface area contributed by atoms with Crippen molar-refractivity contribution in [3.05, 3.63) is 59.7 Å². The molecular weight excluding hydrogens is 342 g/mol. The van der Waals surface area contributed by atoms with Gasteiger partial charge in [-0.15, -0.1) is 0 Å². The SMILES string of the molecule is CCC(=NNC(=O)c1ccc(NC(=O)CC(C)C)cc1)c1ccc(O)cc1. The minimum atomic E-state index is -0.334. The van der Waals surface area contributed by atoms with E-state index in [4.69, 9.17) is 0 Å². The van der Waals surface area contributed by atoms with Crippen molar-refractivity contribution in [2.24, 2.45) is 11.0 Å². The predicted molar refractivity (Wildman–Crippen MR) is 107 cm³/mol. The van der Waals surface area contributed by atoms with E-state index in [1.807, 2.05) is 20.8 Å². The molecule has 0 bridgehead atoms. The molecule has 6 heteroatoms. The Kier molecular flexibility index (Phi) is 7.11. The molecule has 0 atom stereocenters. The van der Waals surface area contributed by atoms with Gasteiger partial charge in [0.1, 0.15) is 5.75 Å². The van der Waals surface area contributed by atoms with E-state index in [0.717, 1.165) is 5.56 Å². The van der Waals surface area contributed by atoms with Crippen molar-refractivity contribution in [1.29, 1.82) is 0 Å². The van der Waals surface area contributed by atoms with Gasteiger partial charge in [0.15, 0.2) is 0 Å². The number of nitrogens with one attached hydrogen (secondary N) is 2. The Morgan fingerprint density at radius 2 is 1.59 bits per heavy atom. The van der Waals surface area contributed by atoms with Crippen LogP contribution in [0.5, 0.6) is 5.75 Å². The van der Waals surface area contributed by atoms with Gasteiger partial charge < -0.3 is 10.4 Å². The number of carbonyl (C=O) groups excluding carboxylic acids is 2. The first-order chi connectivity index (χ1) is 12.9. The Balaban J connectivity index is 2.00. The van der Waals surface area contributed by atoms with E-state index < -0.39 is 0 Å². The summed E-state index contributed by atoms with van der Waals surface area (Å²) < 4.78 is 0. The third-order valence-electron chi connectivity index (χ3n) is 3.85. The molecular formula is C21H25N3O3. The van der Waals surface area contributed by atoms with E-state index >= 15 is 0 Å². The Morgan fingerprint density at radius 1 is 1.00 bits per heavy atom. The standard InChI is InChI=1S/C21H25N3O3/c1-4-19(15-7-11-18(25)12-8-15)23-24-21(27)16-5-9-17(10-6-16)22-20(26)13-14(2)3/h5-12,14,25H,4,13H2,1-3H3,(H,22,26)(H,24,27). The van der Waals surface area contributed by atoms with Crippen LogP contribution in [-0.2, 0) is 4.79 Å². The molecule has 0 saturated carbocycles. The Morgan fingerprint density at radius 3 is 2.15 bits per heavy atom. The number of aromatic hydroxyl groups is 1. The van der Waals surface area contributed by atoms with Crippen molar-refractivity contribution in [1.82, 2.24) is 5.43 Å². The lowest BCUT2D eigenvalue weighted by molar-refractivity contribution is -0.116. The number of anilines is 1. The van der Waals surface area contributed by atoms with Crippen molar-refractivity contribution >= 4 is 23.2 Å². The van der Waals surface area contributed by atoms with Crippen LogP contribution in [0, 0.1) is 5.92 Å². The number of rotatable bonds is 7. The highest BCUT2D eigenvalue weighted by Crippen LogP contribution is 2.13. The zero-order valence-corrected chi connectivity index (χ0v) is 15.8. The van der Waals surface area contributed by atoms with Gasteiger partial charge in [-0.25, -0.2) is 5.43 Å². The van der Waals surface area contributed by atoms with Crippen molar-refractivity contribution < 1.29 is 14.7 Å². The summed E-state index contributed by atoms with van der Waals surface area (Å²) in [6.45, 7) is 5.90. The first kappa shape index (κ1) is 20.2. The molecule has 0 heterocycles. The molecule has 0 aliphatic heterocycles. The van der Waals surface area contributed by atoms with Gasteiger partial charge in [-0.05, 0) is 66.4 Å². The van der Waals surface area contributed by atoms with Gasteiger partial charge in [-0.3, -0.25) is 9.59 Å². The summed E-state index contributed by atoms with van der Waals surface area (Å²) >= 11 is 0. The Hall–Kier alpha value is -3.15. The smallest absolute Gasteiger partial charge is 0.271 e. The summed E-state index contributed by atoms with van der Waals surface area (Å²) in [5, 5.41) is 16.4. The number of nitrogens with zero attached hydrogens (tertiary/aromatic N) is 1. The monoisotopic (exact) mass is 367 g/mol. The zero-order chi connectivity index (χ0) is 19.8. The number of phenolic OH excluding ortho intramolecular Hbond substituents is 1. The highest BCUT2D eigenvalue weighted by Gasteiger charge is 2.08. The predicted octanol–water partition coefficient (Wildman–Crippen LogP) is 3.92. The third-order valence-corrected chi connectivity index (χ3v) is 3.85. The maximum Gasteiger partial charge on any atom is 0.271 e.